The van der Waals surface area contributed by atoms with E-state index < -0.39 is 18.1 Å². The molecular formula is C6H13NO3. The van der Waals surface area contributed by atoms with E-state index in [1.165, 1.54) is 0 Å². The summed E-state index contributed by atoms with van der Waals surface area (Å²) in [5.41, 5.74) is 5.13. The maximum atomic E-state index is 10.1. The van der Waals surface area contributed by atoms with E-state index in [1.807, 2.05) is 0 Å². The molecule has 0 aromatic heterocycles. The van der Waals surface area contributed by atoms with E-state index >= 15 is 0 Å². The fourth-order valence-corrected chi connectivity index (χ4v) is 0.561. The van der Waals surface area contributed by atoms with Crippen LogP contribution in [0.4, 0.5) is 0 Å². The van der Waals surface area contributed by atoms with Crippen molar-refractivity contribution in [3.63, 3.8) is 0 Å². The second-order valence-electron chi connectivity index (χ2n) is 2.24. The topological polar surface area (TPSA) is 83.5 Å². The summed E-state index contributed by atoms with van der Waals surface area (Å²) in [4.78, 5) is 10.1. The number of nitrogens with two attached hydrogens (primary N) is 1. The molecule has 0 aromatic rings. The van der Waals surface area contributed by atoms with Crippen molar-refractivity contribution >= 4 is 5.97 Å². The van der Waals surface area contributed by atoms with Crippen LogP contribution in [0.1, 0.15) is 19.8 Å². The first kappa shape index (κ1) is 9.39. The Morgan fingerprint density at radius 3 is 2.50 bits per heavy atom. The molecule has 0 aliphatic rings. The SMILES string of the molecule is CCC(O)C[C@H](N)C(=O)O. The minimum atomic E-state index is -1.06. The highest BCUT2D eigenvalue weighted by molar-refractivity contribution is 5.73. The summed E-state index contributed by atoms with van der Waals surface area (Å²) in [5.74, 6) is -1.06. The second kappa shape index (κ2) is 4.24. The van der Waals surface area contributed by atoms with Gasteiger partial charge in [-0.1, -0.05) is 6.92 Å². The predicted molar refractivity (Wildman–Crippen MR) is 36.5 cm³/mol. The number of aliphatic hydroxyl groups is 1. The number of carboxylic acid groups (broad SMARTS) is 1. The molecule has 60 valence electrons. The van der Waals surface area contributed by atoms with Crippen LogP contribution in [0.15, 0.2) is 0 Å². The number of aliphatic carboxylic acids is 1. The summed E-state index contributed by atoms with van der Waals surface area (Å²) >= 11 is 0. The first-order valence-corrected chi connectivity index (χ1v) is 3.24. The first-order chi connectivity index (χ1) is 4.57. The van der Waals surface area contributed by atoms with E-state index in [1.54, 1.807) is 6.92 Å². The third-order valence-electron chi connectivity index (χ3n) is 1.31. The lowest BCUT2D eigenvalue weighted by molar-refractivity contribution is -0.139. The van der Waals surface area contributed by atoms with E-state index in [2.05, 4.69) is 0 Å². The molecule has 10 heavy (non-hydrogen) atoms. The van der Waals surface area contributed by atoms with Crippen LogP contribution >= 0.6 is 0 Å². The molecule has 0 saturated heterocycles. The normalized spacial score (nSPS) is 16.3. The number of carbonyl (C=O) groups is 1. The van der Waals surface area contributed by atoms with Gasteiger partial charge in [-0.25, -0.2) is 0 Å². The van der Waals surface area contributed by atoms with E-state index in [9.17, 15) is 4.79 Å². The Morgan fingerprint density at radius 2 is 2.20 bits per heavy atom. The van der Waals surface area contributed by atoms with Crippen LogP contribution < -0.4 is 5.73 Å². The van der Waals surface area contributed by atoms with E-state index in [4.69, 9.17) is 15.9 Å². The van der Waals surface area contributed by atoms with Gasteiger partial charge in [0.05, 0.1) is 6.10 Å². The van der Waals surface area contributed by atoms with Crippen LogP contribution in [0.2, 0.25) is 0 Å². The molecule has 0 aromatic carbocycles. The van der Waals surface area contributed by atoms with Crippen LogP contribution in [0, 0.1) is 0 Å². The maximum absolute atomic E-state index is 10.1. The first-order valence-electron chi connectivity index (χ1n) is 3.24. The van der Waals surface area contributed by atoms with Gasteiger partial charge in [0, 0.05) is 0 Å². The fraction of sp³-hybridized carbons (Fsp3) is 0.833. The molecule has 0 aliphatic carbocycles. The lowest BCUT2D eigenvalue weighted by atomic mass is 10.1. The molecule has 4 N–H and O–H groups in total. The molecular weight excluding hydrogens is 134 g/mol. The zero-order chi connectivity index (χ0) is 8.15. The zero-order valence-electron chi connectivity index (χ0n) is 5.95. The second-order valence-corrected chi connectivity index (χ2v) is 2.24. The molecule has 0 bridgehead atoms. The Bertz CT molecular complexity index is 116. The largest absolute Gasteiger partial charge is 0.480 e. The lowest BCUT2D eigenvalue weighted by Gasteiger charge is -2.09. The number of carboxylic acids is 1. The summed E-state index contributed by atoms with van der Waals surface area (Å²) in [6, 6.07) is -0.935. The summed E-state index contributed by atoms with van der Waals surface area (Å²) in [6.07, 6.45) is 0.0819. The number of rotatable bonds is 4. The number of hydrogen-bond donors (Lipinski definition) is 3. The van der Waals surface area contributed by atoms with Crippen LogP contribution in [0.25, 0.3) is 0 Å². The smallest absolute Gasteiger partial charge is 0.320 e. The van der Waals surface area contributed by atoms with Crippen molar-refractivity contribution in [3.05, 3.63) is 0 Å². The Balaban J connectivity index is 3.56. The standard InChI is InChI=1S/C6H13NO3/c1-2-4(8)3-5(7)6(9)10/h4-5,8H,2-3,7H2,1H3,(H,9,10)/t4?,5-/m0/s1. The molecule has 4 heteroatoms. The van der Waals surface area contributed by atoms with Crippen molar-refractivity contribution in [1.82, 2.24) is 0 Å². The molecule has 4 nitrogen and oxygen atoms in total. The van der Waals surface area contributed by atoms with Gasteiger partial charge in [-0.3, -0.25) is 4.79 Å². The number of aliphatic hydroxyl groups excluding tert-OH is 1. The minimum absolute atomic E-state index is 0.131. The van der Waals surface area contributed by atoms with Crippen molar-refractivity contribution in [2.75, 3.05) is 0 Å². The van der Waals surface area contributed by atoms with Crippen molar-refractivity contribution in [2.24, 2.45) is 5.73 Å². The van der Waals surface area contributed by atoms with Crippen molar-refractivity contribution in [2.45, 2.75) is 31.9 Å². The van der Waals surface area contributed by atoms with Gasteiger partial charge in [-0.05, 0) is 12.8 Å². The minimum Gasteiger partial charge on any atom is -0.480 e. The van der Waals surface area contributed by atoms with Crippen LogP contribution in [-0.2, 0) is 4.79 Å². The Kier molecular flexibility index (Phi) is 3.99. The Morgan fingerprint density at radius 1 is 1.70 bits per heavy atom. The Labute approximate surface area is 59.7 Å². The number of hydrogen-bond acceptors (Lipinski definition) is 3. The summed E-state index contributed by atoms with van der Waals surface area (Å²) < 4.78 is 0. The lowest BCUT2D eigenvalue weighted by Crippen LogP contribution is -2.33. The summed E-state index contributed by atoms with van der Waals surface area (Å²) in [6.45, 7) is 1.78. The van der Waals surface area contributed by atoms with Crippen LogP contribution in [0.3, 0.4) is 0 Å². The highest BCUT2D eigenvalue weighted by atomic mass is 16.4. The average molecular weight is 147 g/mol. The quantitative estimate of drug-likeness (QED) is 0.503. The predicted octanol–water partition coefficient (Wildman–Crippen LogP) is -0.441. The van der Waals surface area contributed by atoms with Gasteiger partial charge in [-0.15, -0.1) is 0 Å². The molecule has 0 amide bonds. The van der Waals surface area contributed by atoms with Crippen LogP contribution in [0.5, 0.6) is 0 Å². The average Bonchev–Trinajstić information content (AvgIpc) is 1.87. The molecule has 0 rings (SSSR count). The van der Waals surface area contributed by atoms with Gasteiger partial charge in [0.25, 0.3) is 0 Å². The fourth-order valence-electron chi connectivity index (χ4n) is 0.561. The highest BCUT2D eigenvalue weighted by Crippen LogP contribution is 1.99. The van der Waals surface area contributed by atoms with Crippen molar-refractivity contribution in [1.29, 1.82) is 0 Å². The molecule has 0 radical (unpaired) electrons. The van der Waals surface area contributed by atoms with Gasteiger partial charge < -0.3 is 15.9 Å². The zero-order valence-corrected chi connectivity index (χ0v) is 5.95. The molecule has 0 fully saturated rings. The monoisotopic (exact) mass is 147 g/mol. The molecule has 2 atom stereocenters. The third kappa shape index (κ3) is 3.42. The molecule has 0 heterocycles. The summed E-state index contributed by atoms with van der Waals surface area (Å²) in [7, 11) is 0. The molecule has 1 unspecified atom stereocenters. The summed E-state index contributed by atoms with van der Waals surface area (Å²) in [5, 5.41) is 17.2. The van der Waals surface area contributed by atoms with Crippen LogP contribution in [-0.4, -0.2) is 28.3 Å². The highest BCUT2D eigenvalue weighted by Gasteiger charge is 2.14. The van der Waals surface area contributed by atoms with E-state index in [0.29, 0.717) is 6.42 Å². The van der Waals surface area contributed by atoms with E-state index in [0.717, 1.165) is 0 Å². The van der Waals surface area contributed by atoms with Gasteiger partial charge in [0.15, 0.2) is 0 Å². The van der Waals surface area contributed by atoms with E-state index in [-0.39, 0.29) is 6.42 Å². The van der Waals surface area contributed by atoms with Gasteiger partial charge in [-0.2, -0.15) is 0 Å². The van der Waals surface area contributed by atoms with Gasteiger partial charge in [0.2, 0.25) is 0 Å². The molecule has 0 aliphatic heterocycles. The van der Waals surface area contributed by atoms with Gasteiger partial charge in [0.1, 0.15) is 6.04 Å². The Hall–Kier alpha value is -0.610. The molecule has 0 saturated carbocycles. The van der Waals surface area contributed by atoms with Crippen molar-refractivity contribution in [3.8, 4) is 0 Å². The van der Waals surface area contributed by atoms with Gasteiger partial charge >= 0.3 is 5.97 Å². The maximum Gasteiger partial charge on any atom is 0.320 e. The molecule has 0 spiro atoms. The van der Waals surface area contributed by atoms with Crippen molar-refractivity contribution < 1.29 is 15.0 Å². The third-order valence-corrected chi connectivity index (χ3v) is 1.31.